The fourth-order valence-corrected chi connectivity index (χ4v) is 3.48. The maximum atomic E-state index is 11.7. The van der Waals surface area contributed by atoms with Crippen LogP contribution in [-0.2, 0) is 19.7 Å². The summed E-state index contributed by atoms with van der Waals surface area (Å²) in [6, 6.07) is 16.3. The Labute approximate surface area is 189 Å². The van der Waals surface area contributed by atoms with E-state index in [2.05, 4.69) is 5.32 Å². The number of nitrogens with zero attached hydrogens (tertiary/aromatic N) is 1. The maximum absolute atomic E-state index is 11.7. The predicted molar refractivity (Wildman–Crippen MR) is 103 cm³/mol. The number of hydrogen-bond donors (Lipinski definition) is 1. The van der Waals surface area contributed by atoms with Gasteiger partial charge in [-0.2, -0.15) is 0 Å². The standard InChI is InChI=1S/C20H14N2O5S.Na/c23-19-9-10-20(24)22(19)17-6-4-15(5-7-17)21-16-3-1-14-12-18(28(25,26)27)8-2-13(14)11-16;/h1-12,21H,(H,25,26,27);/q;+1/p-1. The second-order valence-electron chi connectivity index (χ2n) is 6.19. The molecule has 0 aliphatic carbocycles. The molecule has 4 rings (SSSR count). The van der Waals surface area contributed by atoms with Gasteiger partial charge in [0, 0.05) is 23.5 Å². The number of fused-ring (bicyclic) bond motifs is 1. The van der Waals surface area contributed by atoms with Crippen molar-refractivity contribution in [3.8, 4) is 0 Å². The van der Waals surface area contributed by atoms with E-state index in [0.717, 1.165) is 21.7 Å². The topological polar surface area (TPSA) is 107 Å². The van der Waals surface area contributed by atoms with Gasteiger partial charge >= 0.3 is 29.6 Å². The van der Waals surface area contributed by atoms with Crippen LogP contribution in [0.2, 0.25) is 0 Å². The zero-order valence-electron chi connectivity index (χ0n) is 15.3. The number of nitrogens with one attached hydrogen (secondary N) is 1. The van der Waals surface area contributed by atoms with Crippen LogP contribution in [0.15, 0.2) is 77.7 Å². The molecule has 0 fully saturated rings. The third-order valence-electron chi connectivity index (χ3n) is 4.32. The molecule has 1 heterocycles. The summed E-state index contributed by atoms with van der Waals surface area (Å²) in [6.07, 6.45) is 2.46. The molecule has 9 heteroatoms. The van der Waals surface area contributed by atoms with Gasteiger partial charge in [0.05, 0.1) is 10.6 Å². The van der Waals surface area contributed by atoms with Crippen molar-refractivity contribution in [3.63, 3.8) is 0 Å². The molecule has 0 saturated carbocycles. The monoisotopic (exact) mass is 416 g/mol. The number of carbonyl (C=O) groups is 2. The van der Waals surface area contributed by atoms with Crippen molar-refractivity contribution in [1.29, 1.82) is 0 Å². The molecule has 1 aliphatic heterocycles. The summed E-state index contributed by atoms with van der Waals surface area (Å²) >= 11 is 0. The quantitative estimate of drug-likeness (QED) is 0.362. The minimum atomic E-state index is -4.49. The number of anilines is 3. The van der Waals surface area contributed by atoms with Gasteiger partial charge in [-0.25, -0.2) is 13.3 Å². The number of carbonyl (C=O) groups excluding carboxylic acids is 2. The van der Waals surface area contributed by atoms with Gasteiger partial charge in [-0.1, -0.05) is 12.1 Å². The first-order valence-electron chi connectivity index (χ1n) is 8.24. The third kappa shape index (κ3) is 4.42. The van der Waals surface area contributed by atoms with Gasteiger partial charge in [0.25, 0.3) is 11.8 Å². The van der Waals surface area contributed by atoms with Crippen molar-refractivity contribution < 1.29 is 52.1 Å². The minimum Gasteiger partial charge on any atom is -0.744 e. The third-order valence-corrected chi connectivity index (χ3v) is 5.16. The molecule has 0 saturated heterocycles. The van der Waals surface area contributed by atoms with Crippen LogP contribution in [0.1, 0.15) is 0 Å². The molecule has 0 radical (unpaired) electrons. The average molecular weight is 416 g/mol. The van der Waals surface area contributed by atoms with Crippen molar-refractivity contribution in [2.24, 2.45) is 0 Å². The van der Waals surface area contributed by atoms with E-state index >= 15 is 0 Å². The van der Waals surface area contributed by atoms with Crippen LogP contribution in [0.25, 0.3) is 10.8 Å². The Morgan fingerprint density at radius 1 is 0.759 bits per heavy atom. The van der Waals surface area contributed by atoms with Crippen LogP contribution in [0.4, 0.5) is 17.1 Å². The van der Waals surface area contributed by atoms with Crippen LogP contribution in [-0.4, -0.2) is 24.8 Å². The minimum absolute atomic E-state index is 0. The largest absolute Gasteiger partial charge is 1.00 e. The van der Waals surface area contributed by atoms with Gasteiger partial charge in [-0.05, 0) is 59.3 Å². The van der Waals surface area contributed by atoms with Gasteiger partial charge in [0.1, 0.15) is 10.1 Å². The molecular weight excluding hydrogens is 403 g/mol. The van der Waals surface area contributed by atoms with Gasteiger partial charge in [-0.15, -0.1) is 0 Å². The Morgan fingerprint density at radius 3 is 1.93 bits per heavy atom. The normalized spacial score (nSPS) is 13.6. The van der Waals surface area contributed by atoms with Gasteiger partial charge < -0.3 is 9.87 Å². The molecule has 140 valence electrons. The summed E-state index contributed by atoms with van der Waals surface area (Å²) in [5.41, 5.74) is 1.98. The average Bonchev–Trinajstić information content (AvgIpc) is 3.00. The van der Waals surface area contributed by atoms with Crippen LogP contribution >= 0.6 is 0 Å². The smallest absolute Gasteiger partial charge is 0.744 e. The molecule has 0 spiro atoms. The summed E-state index contributed by atoms with van der Waals surface area (Å²) in [6.45, 7) is 0. The molecule has 0 bridgehead atoms. The first-order valence-corrected chi connectivity index (χ1v) is 9.65. The zero-order valence-corrected chi connectivity index (χ0v) is 18.1. The summed E-state index contributed by atoms with van der Waals surface area (Å²) < 4.78 is 33.4. The molecule has 0 aromatic heterocycles. The van der Waals surface area contributed by atoms with Crippen molar-refractivity contribution in [1.82, 2.24) is 0 Å². The van der Waals surface area contributed by atoms with Crippen molar-refractivity contribution in [3.05, 3.63) is 72.8 Å². The molecule has 1 aliphatic rings. The van der Waals surface area contributed by atoms with Gasteiger partial charge in [-0.3, -0.25) is 9.59 Å². The number of benzene rings is 3. The van der Waals surface area contributed by atoms with E-state index in [-0.39, 0.29) is 46.3 Å². The summed E-state index contributed by atoms with van der Waals surface area (Å²) in [5, 5.41) is 4.60. The predicted octanol–water partition coefficient (Wildman–Crippen LogP) is -0.0791. The molecular formula is C20H13N2NaO5S. The number of imide groups is 1. The van der Waals surface area contributed by atoms with Crippen LogP contribution in [0.3, 0.4) is 0 Å². The first kappa shape index (κ1) is 21.2. The Morgan fingerprint density at radius 2 is 1.31 bits per heavy atom. The van der Waals surface area contributed by atoms with E-state index in [1.54, 1.807) is 42.5 Å². The number of hydrogen-bond acceptors (Lipinski definition) is 6. The van der Waals surface area contributed by atoms with Crippen LogP contribution in [0, 0.1) is 0 Å². The van der Waals surface area contributed by atoms with E-state index in [1.165, 1.54) is 24.3 Å². The van der Waals surface area contributed by atoms with E-state index in [9.17, 15) is 22.6 Å². The zero-order chi connectivity index (χ0) is 19.9. The second-order valence-corrected chi connectivity index (χ2v) is 7.57. The van der Waals surface area contributed by atoms with E-state index < -0.39 is 10.1 Å². The Bertz CT molecular complexity index is 1240. The van der Waals surface area contributed by atoms with Crippen molar-refractivity contribution >= 4 is 49.8 Å². The first-order chi connectivity index (χ1) is 13.3. The molecule has 7 nitrogen and oxygen atoms in total. The Hall–Kier alpha value is -2.49. The fourth-order valence-electron chi connectivity index (χ4n) is 2.97. The second kappa shape index (κ2) is 8.10. The molecule has 1 N–H and O–H groups in total. The number of rotatable bonds is 4. The van der Waals surface area contributed by atoms with Crippen LogP contribution in [0.5, 0.6) is 0 Å². The van der Waals surface area contributed by atoms with Gasteiger partial charge in [0.15, 0.2) is 0 Å². The van der Waals surface area contributed by atoms with Gasteiger partial charge in [0.2, 0.25) is 0 Å². The molecule has 29 heavy (non-hydrogen) atoms. The fraction of sp³-hybridized carbons (Fsp3) is 0. The summed E-state index contributed by atoms with van der Waals surface area (Å²) in [5.74, 6) is -0.751. The summed E-state index contributed by atoms with van der Waals surface area (Å²) in [7, 11) is -4.49. The Kier molecular flexibility index (Phi) is 5.92. The molecule has 0 unspecified atom stereocenters. The Balaban J connectivity index is 0.00000240. The van der Waals surface area contributed by atoms with E-state index in [4.69, 9.17) is 0 Å². The molecule has 0 atom stereocenters. The SMILES string of the molecule is O=C1C=CC(=O)N1c1ccc(Nc2ccc3cc(S(=O)(=O)[O-])ccc3c2)cc1.[Na+]. The molecule has 3 aromatic rings. The maximum Gasteiger partial charge on any atom is 1.00 e. The van der Waals surface area contributed by atoms with Crippen molar-refractivity contribution in [2.45, 2.75) is 4.90 Å². The van der Waals surface area contributed by atoms with E-state index in [0.29, 0.717) is 11.1 Å². The number of amides is 2. The van der Waals surface area contributed by atoms with Crippen LogP contribution < -0.4 is 39.8 Å². The molecule has 2 amide bonds. The van der Waals surface area contributed by atoms with Crippen molar-refractivity contribution in [2.75, 3.05) is 10.2 Å². The van der Waals surface area contributed by atoms with E-state index in [1.807, 2.05) is 6.07 Å². The molecule has 3 aromatic carbocycles. The summed E-state index contributed by atoms with van der Waals surface area (Å²) in [4.78, 5) is 24.3.